The van der Waals surface area contributed by atoms with Gasteiger partial charge in [0.05, 0.1) is 30.4 Å². The fourth-order valence-corrected chi connectivity index (χ4v) is 5.74. The Morgan fingerprint density at radius 2 is 1.69 bits per heavy atom. The van der Waals surface area contributed by atoms with Gasteiger partial charge in [-0.15, -0.1) is 0 Å². The second kappa shape index (κ2) is 12.1. The van der Waals surface area contributed by atoms with E-state index in [0.29, 0.717) is 46.1 Å². The standard InChI is InChI=1S/C31H31F6N3O5/c1-16-9-25(39-7-4-8-39)38-23(27(16)22-10-18(11-26(41)42)5-6-24(22)44-3)15-40-17(2)28(45-29(40)43)19-12-20(30(32,33)34)14-21(13-19)31(35,36)37/h5-6,9-10,12-14,17,28-29,43H,4,7-8,11,15H2,1-3H3,(H,41,42)/t17-,28-,29?/m0/s1. The number of alkyl halides is 6. The SMILES string of the molecule is COc1ccc(CC(=O)O)cc1-c1c(C)cc(N2CCC2)nc1CN1C(O)O[C@H](c2cc(C(F)(F)F)cc(C(F)(F)F)c2)[C@@H]1C. The number of aryl methyl sites for hydroxylation is 1. The molecule has 0 saturated carbocycles. The van der Waals surface area contributed by atoms with Gasteiger partial charge in [0.25, 0.3) is 0 Å². The number of carbonyl (C=O) groups is 1. The minimum Gasteiger partial charge on any atom is -0.496 e. The summed E-state index contributed by atoms with van der Waals surface area (Å²) < 4.78 is 92.7. The zero-order valence-electron chi connectivity index (χ0n) is 24.5. The number of nitrogens with zero attached hydrogens (tertiary/aromatic N) is 3. The highest BCUT2D eigenvalue weighted by Gasteiger charge is 2.43. The number of aliphatic hydroxyl groups excluding tert-OH is 1. The lowest BCUT2D eigenvalue weighted by atomic mass is 9.94. The van der Waals surface area contributed by atoms with E-state index in [1.54, 1.807) is 18.2 Å². The van der Waals surface area contributed by atoms with Crippen LogP contribution in [0.5, 0.6) is 5.75 Å². The maximum atomic E-state index is 13.6. The summed E-state index contributed by atoms with van der Waals surface area (Å²) in [5.41, 5.74) is -0.525. The van der Waals surface area contributed by atoms with Crippen LogP contribution >= 0.6 is 0 Å². The van der Waals surface area contributed by atoms with Crippen LogP contribution in [0.1, 0.15) is 53.0 Å². The Labute approximate surface area is 254 Å². The van der Waals surface area contributed by atoms with E-state index in [-0.39, 0.29) is 24.6 Å². The predicted octanol–water partition coefficient (Wildman–Crippen LogP) is 6.18. The normalized spacial score (nSPS) is 20.8. The van der Waals surface area contributed by atoms with Gasteiger partial charge in [-0.05, 0) is 73.4 Å². The summed E-state index contributed by atoms with van der Waals surface area (Å²) in [6, 6.07) is 7.19. The molecular weight excluding hydrogens is 608 g/mol. The van der Waals surface area contributed by atoms with E-state index < -0.39 is 48.0 Å². The molecule has 3 heterocycles. The number of rotatable bonds is 8. The minimum absolute atomic E-state index is 0.0451. The zero-order chi connectivity index (χ0) is 32.8. The highest BCUT2D eigenvalue weighted by Crippen LogP contribution is 2.43. The van der Waals surface area contributed by atoms with Gasteiger partial charge in [0, 0.05) is 36.8 Å². The molecule has 3 aromatic rings. The number of ether oxygens (including phenoxy) is 2. The number of anilines is 1. The first kappa shape index (κ1) is 32.5. The van der Waals surface area contributed by atoms with Crippen LogP contribution < -0.4 is 9.64 Å². The van der Waals surface area contributed by atoms with Crippen molar-refractivity contribution >= 4 is 11.8 Å². The number of aliphatic hydroxyl groups is 1. The number of carboxylic acid groups (broad SMARTS) is 1. The Hall–Kier alpha value is -3.88. The van der Waals surface area contributed by atoms with Gasteiger partial charge in [-0.2, -0.15) is 26.3 Å². The highest BCUT2D eigenvalue weighted by molar-refractivity contribution is 5.79. The lowest BCUT2D eigenvalue weighted by molar-refractivity contribution is -0.154. The number of aromatic nitrogens is 1. The first-order valence-electron chi connectivity index (χ1n) is 14.1. The van der Waals surface area contributed by atoms with Crippen molar-refractivity contribution in [1.29, 1.82) is 0 Å². The van der Waals surface area contributed by atoms with Crippen LogP contribution in [0.15, 0.2) is 42.5 Å². The van der Waals surface area contributed by atoms with E-state index >= 15 is 0 Å². The Kier molecular flexibility index (Phi) is 8.77. The number of aliphatic carboxylic acids is 1. The van der Waals surface area contributed by atoms with Gasteiger partial charge in [0.1, 0.15) is 17.7 Å². The van der Waals surface area contributed by atoms with Crippen LogP contribution in [0.4, 0.5) is 32.2 Å². The molecule has 1 aromatic heterocycles. The van der Waals surface area contributed by atoms with Gasteiger partial charge in [0.15, 0.2) is 0 Å². The molecule has 2 aliphatic heterocycles. The molecule has 242 valence electrons. The van der Waals surface area contributed by atoms with Crippen LogP contribution in [0.25, 0.3) is 11.1 Å². The Balaban J connectivity index is 1.57. The highest BCUT2D eigenvalue weighted by atomic mass is 19.4. The second-order valence-electron chi connectivity index (χ2n) is 11.2. The summed E-state index contributed by atoms with van der Waals surface area (Å²) in [7, 11) is 1.46. The zero-order valence-corrected chi connectivity index (χ0v) is 24.5. The second-order valence-corrected chi connectivity index (χ2v) is 11.2. The molecule has 3 atom stereocenters. The molecule has 2 saturated heterocycles. The number of pyridine rings is 1. The molecule has 14 heteroatoms. The third-order valence-corrected chi connectivity index (χ3v) is 8.13. The summed E-state index contributed by atoms with van der Waals surface area (Å²) in [5.74, 6) is 0.0549. The monoisotopic (exact) mass is 639 g/mol. The number of benzene rings is 2. The maximum Gasteiger partial charge on any atom is 0.416 e. The number of hydrogen-bond donors (Lipinski definition) is 2. The minimum atomic E-state index is -5.04. The lowest BCUT2D eigenvalue weighted by Crippen LogP contribution is -2.38. The Morgan fingerprint density at radius 3 is 2.22 bits per heavy atom. The topological polar surface area (TPSA) is 95.4 Å². The van der Waals surface area contributed by atoms with Crippen molar-refractivity contribution in [1.82, 2.24) is 9.88 Å². The predicted molar refractivity (Wildman–Crippen MR) is 150 cm³/mol. The fourth-order valence-electron chi connectivity index (χ4n) is 5.74. The smallest absolute Gasteiger partial charge is 0.416 e. The van der Waals surface area contributed by atoms with E-state index in [9.17, 15) is 41.4 Å². The van der Waals surface area contributed by atoms with E-state index in [0.717, 1.165) is 25.1 Å². The average molecular weight is 640 g/mol. The van der Waals surface area contributed by atoms with E-state index in [4.69, 9.17) is 14.5 Å². The summed E-state index contributed by atoms with van der Waals surface area (Å²) in [4.78, 5) is 19.8. The molecular formula is C31H31F6N3O5. The van der Waals surface area contributed by atoms with Gasteiger partial charge >= 0.3 is 18.3 Å². The molecule has 2 aliphatic rings. The summed E-state index contributed by atoms with van der Waals surface area (Å²) in [6.07, 6.45) is -12.4. The van der Waals surface area contributed by atoms with Gasteiger partial charge < -0.3 is 24.6 Å². The van der Waals surface area contributed by atoms with Crippen molar-refractivity contribution in [2.75, 3.05) is 25.1 Å². The quantitative estimate of drug-likeness (QED) is 0.283. The van der Waals surface area contributed by atoms with Crippen molar-refractivity contribution in [2.45, 2.75) is 64.1 Å². The number of halogens is 6. The molecule has 1 unspecified atom stereocenters. The van der Waals surface area contributed by atoms with Crippen LogP contribution in [0.3, 0.4) is 0 Å². The molecule has 0 aliphatic carbocycles. The first-order chi connectivity index (χ1) is 21.1. The van der Waals surface area contributed by atoms with Crippen LogP contribution in [-0.4, -0.2) is 58.7 Å². The average Bonchev–Trinajstić information content (AvgIpc) is 3.19. The maximum absolute atomic E-state index is 13.6. The van der Waals surface area contributed by atoms with Crippen LogP contribution in [-0.2, 0) is 34.8 Å². The molecule has 0 radical (unpaired) electrons. The summed E-state index contributed by atoms with van der Waals surface area (Å²) >= 11 is 0. The van der Waals surface area contributed by atoms with Crippen molar-refractivity contribution in [3.63, 3.8) is 0 Å². The van der Waals surface area contributed by atoms with E-state index in [1.807, 2.05) is 17.9 Å². The van der Waals surface area contributed by atoms with E-state index in [1.165, 1.54) is 18.9 Å². The van der Waals surface area contributed by atoms with Gasteiger partial charge in [-0.25, -0.2) is 9.88 Å². The van der Waals surface area contributed by atoms with E-state index in [2.05, 4.69) is 0 Å². The third-order valence-electron chi connectivity index (χ3n) is 8.13. The Bertz CT molecular complexity index is 1560. The molecule has 0 bridgehead atoms. The number of methoxy groups -OCH3 is 1. The van der Waals surface area contributed by atoms with Crippen molar-refractivity contribution in [2.24, 2.45) is 0 Å². The molecule has 45 heavy (non-hydrogen) atoms. The number of hydrogen-bond acceptors (Lipinski definition) is 7. The van der Waals surface area contributed by atoms with Crippen LogP contribution in [0.2, 0.25) is 0 Å². The molecule has 2 N–H and O–H groups in total. The van der Waals surface area contributed by atoms with Crippen LogP contribution in [0, 0.1) is 6.92 Å². The first-order valence-corrected chi connectivity index (χ1v) is 14.1. The fraction of sp³-hybridized carbons (Fsp3) is 0.419. The van der Waals surface area contributed by atoms with Crippen molar-refractivity contribution < 1.29 is 50.8 Å². The molecule has 5 rings (SSSR count). The Morgan fingerprint density at radius 1 is 1.04 bits per heavy atom. The summed E-state index contributed by atoms with van der Waals surface area (Å²) in [5, 5.41) is 20.3. The third kappa shape index (κ3) is 6.72. The van der Waals surface area contributed by atoms with Crippen molar-refractivity contribution in [3.05, 3.63) is 76.0 Å². The van der Waals surface area contributed by atoms with Crippen molar-refractivity contribution in [3.8, 4) is 16.9 Å². The number of carboxylic acids is 1. The van der Waals surface area contributed by atoms with Gasteiger partial charge in [-0.1, -0.05) is 6.07 Å². The largest absolute Gasteiger partial charge is 0.496 e. The van der Waals surface area contributed by atoms with Gasteiger partial charge in [0.2, 0.25) is 6.41 Å². The van der Waals surface area contributed by atoms with Gasteiger partial charge in [-0.3, -0.25) is 4.79 Å². The molecule has 0 amide bonds. The molecule has 8 nitrogen and oxygen atoms in total. The molecule has 2 fully saturated rings. The lowest BCUT2D eigenvalue weighted by Gasteiger charge is -2.33. The molecule has 2 aromatic carbocycles. The molecule has 0 spiro atoms. The summed E-state index contributed by atoms with van der Waals surface area (Å²) in [6.45, 7) is 4.82.